The Hall–Kier alpha value is -7.37. The fourth-order valence-electron chi connectivity index (χ4n) is 8.65. The second-order valence-electron chi connectivity index (χ2n) is 14.4. The first-order valence-corrected chi connectivity index (χ1v) is 19.1. The van der Waals surface area contributed by atoms with Crippen molar-refractivity contribution in [2.75, 3.05) is 4.90 Å². The SMILES string of the molecule is C1=CC2c3ccc4c5ccccc5n(-c5ccccc5)c4c3N(c3nc(-c4ccc(-c5ccccc5)cc4)nc(-c4ccccc4-c4ccccc4)n3)C2C=C1. The fraction of sp³-hybridized carbons (Fsp3) is 0.0392. The molecule has 2 aliphatic rings. The van der Waals surface area contributed by atoms with Gasteiger partial charge in [0.05, 0.1) is 22.8 Å². The van der Waals surface area contributed by atoms with Gasteiger partial charge in [0.1, 0.15) is 0 Å². The molecule has 2 unspecified atom stereocenters. The van der Waals surface area contributed by atoms with Crippen LogP contribution in [-0.2, 0) is 0 Å². The molecule has 1 aliphatic heterocycles. The lowest BCUT2D eigenvalue weighted by Crippen LogP contribution is -2.30. The molecule has 0 saturated carbocycles. The molecular formula is C51H35N5. The Morgan fingerprint density at radius 2 is 1.04 bits per heavy atom. The van der Waals surface area contributed by atoms with Crippen molar-refractivity contribution in [1.29, 1.82) is 0 Å². The van der Waals surface area contributed by atoms with Crippen LogP contribution in [0.3, 0.4) is 0 Å². The Labute approximate surface area is 325 Å². The van der Waals surface area contributed by atoms with Crippen LogP contribution < -0.4 is 4.90 Å². The summed E-state index contributed by atoms with van der Waals surface area (Å²) in [5.74, 6) is 1.99. The van der Waals surface area contributed by atoms with Crippen LogP contribution in [0.2, 0.25) is 0 Å². The zero-order chi connectivity index (χ0) is 37.0. The molecule has 9 aromatic rings. The minimum Gasteiger partial charge on any atom is -0.307 e. The number of aromatic nitrogens is 4. The topological polar surface area (TPSA) is 46.8 Å². The Kier molecular flexibility index (Phi) is 7.56. The number of nitrogens with zero attached hydrogens (tertiary/aromatic N) is 5. The highest BCUT2D eigenvalue weighted by atomic mass is 15.3. The van der Waals surface area contributed by atoms with Gasteiger partial charge in [0, 0.05) is 33.5 Å². The molecule has 0 spiro atoms. The van der Waals surface area contributed by atoms with E-state index >= 15 is 0 Å². The van der Waals surface area contributed by atoms with Crippen LogP contribution in [0.15, 0.2) is 200 Å². The molecule has 1 aliphatic carbocycles. The molecule has 0 amide bonds. The lowest BCUT2D eigenvalue weighted by atomic mass is 9.91. The smallest absolute Gasteiger partial charge is 0.234 e. The van der Waals surface area contributed by atoms with Gasteiger partial charge in [-0.25, -0.2) is 4.98 Å². The van der Waals surface area contributed by atoms with Crippen molar-refractivity contribution in [2.24, 2.45) is 0 Å². The Morgan fingerprint density at radius 1 is 0.429 bits per heavy atom. The minimum absolute atomic E-state index is 0.0317. The van der Waals surface area contributed by atoms with E-state index in [0.29, 0.717) is 17.6 Å². The predicted octanol–water partition coefficient (Wildman–Crippen LogP) is 12.4. The highest BCUT2D eigenvalue weighted by Crippen LogP contribution is 2.52. The highest BCUT2D eigenvalue weighted by molar-refractivity contribution is 6.15. The molecule has 0 bridgehead atoms. The van der Waals surface area contributed by atoms with E-state index < -0.39 is 0 Å². The number of benzene rings is 7. The van der Waals surface area contributed by atoms with Gasteiger partial charge in [-0.2, -0.15) is 9.97 Å². The van der Waals surface area contributed by atoms with E-state index in [9.17, 15) is 0 Å². The van der Waals surface area contributed by atoms with Crippen LogP contribution in [0.5, 0.6) is 0 Å². The fourth-order valence-corrected chi connectivity index (χ4v) is 8.65. The summed E-state index contributed by atoms with van der Waals surface area (Å²) in [5.41, 5.74) is 12.2. The van der Waals surface area contributed by atoms with Crippen LogP contribution in [-0.4, -0.2) is 25.6 Å². The summed E-state index contributed by atoms with van der Waals surface area (Å²) in [7, 11) is 0. The van der Waals surface area contributed by atoms with Gasteiger partial charge < -0.3 is 9.47 Å². The third kappa shape index (κ3) is 5.20. The Bertz CT molecular complexity index is 2970. The van der Waals surface area contributed by atoms with Gasteiger partial charge in [-0.15, -0.1) is 0 Å². The average molecular weight is 718 g/mol. The molecule has 11 rings (SSSR count). The summed E-state index contributed by atoms with van der Waals surface area (Å²) < 4.78 is 2.41. The number of allylic oxidation sites excluding steroid dienone is 2. The van der Waals surface area contributed by atoms with Crippen LogP contribution in [0.4, 0.5) is 11.6 Å². The number of anilines is 2. The monoisotopic (exact) mass is 717 g/mol. The van der Waals surface area contributed by atoms with Crippen LogP contribution in [0, 0.1) is 0 Å². The van der Waals surface area contributed by atoms with E-state index in [2.05, 4.69) is 198 Å². The maximum absolute atomic E-state index is 5.45. The molecule has 0 radical (unpaired) electrons. The molecule has 2 aromatic heterocycles. The summed E-state index contributed by atoms with van der Waals surface area (Å²) in [6, 6.07) is 61.9. The molecule has 3 heterocycles. The minimum atomic E-state index is -0.0317. The van der Waals surface area contributed by atoms with Gasteiger partial charge in [-0.1, -0.05) is 182 Å². The Balaban J connectivity index is 1.18. The van der Waals surface area contributed by atoms with Crippen LogP contribution in [0.25, 0.3) is 72.5 Å². The third-order valence-electron chi connectivity index (χ3n) is 11.2. The van der Waals surface area contributed by atoms with E-state index in [4.69, 9.17) is 15.0 Å². The summed E-state index contributed by atoms with van der Waals surface area (Å²) in [6.45, 7) is 0. The molecule has 56 heavy (non-hydrogen) atoms. The first-order valence-electron chi connectivity index (χ1n) is 19.1. The molecule has 0 fully saturated rings. The largest absolute Gasteiger partial charge is 0.307 e. The first-order chi connectivity index (χ1) is 27.8. The van der Waals surface area contributed by atoms with Crippen molar-refractivity contribution in [3.8, 4) is 50.7 Å². The molecule has 264 valence electrons. The van der Waals surface area contributed by atoms with Gasteiger partial charge in [0.15, 0.2) is 11.6 Å². The molecule has 2 atom stereocenters. The van der Waals surface area contributed by atoms with E-state index in [1.165, 1.54) is 21.9 Å². The quantitative estimate of drug-likeness (QED) is 0.172. The van der Waals surface area contributed by atoms with Crippen molar-refractivity contribution in [3.05, 3.63) is 206 Å². The van der Waals surface area contributed by atoms with E-state index in [1.54, 1.807) is 0 Å². The molecular weight excluding hydrogens is 683 g/mol. The van der Waals surface area contributed by atoms with Crippen molar-refractivity contribution in [2.45, 2.75) is 12.0 Å². The summed E-state index contributed by atoms with van der Waals surface area (Å²) >= 11 is 0. The second-order valence-corrected chi connectivity index (χ2v) is 14.4. The number of para-hydroxylation sites is 2. The van der Waals surface area contributed by atoms with Crippen molar-refractivity contribution >= 4 is 33.4 Å². The van der Waals surface area contributed by atoms with Gasteiger partial charge in [-0.3, -0.25) is 0 Å². The normalized spacial score (nSPS) is 15.7. The van der Waals surface area contributed by atoms with E-state index in [-0.39, 0.29) is 12.0 Å². The summed E-state index contributed by atoms with van der Waals surface area (Å²) in [6.07, 6.45) is 8.93. The first kappa shape index (κ1) is 32.1. The van der Waals surface area contributed by atoms with Crippen LogP contribution >= 0.6 is 0 Å². The third-order valence-corrected chi connectivity index (χ3v) is 11.2. The van der Waals surface area contributed by atoms with E-state index in [1.807, 2.05) is 12.1 Å². The van der Waals surface area contributed by atoms with Crippen molar-refractivity contribution in [3.63, 3.8) is 0 Å². The summed E-state index contributed by atoms with van der Waals surface area (Å²) in [4.78, 5) is 18.5. The predicted molar refractivity (Wildman–Crippen MR) is 229 cm³/mol. The molecule has 7 aromatic carbocycles. The van der Waals surface area contributed by atoms with Gasteiger partial charge in [-0.05, 0) is 46.0 Å². The Morgan fingerprint density at radius 3 is 1.82 bits per heavy atom. The molecule has 0 saturated heterocycles. The molecule has 0 N–H and O–H groups in total. The van der Waals surface area contributed by atoms with Crippen LogP contribution in [0.1, 0.15) is 11.5 Å². The number of hydrogen-bond acceptors (Lipinski definition) is 4. The molecule has 5 heteroatoms. The van der Waals surface area contributed by atoms with E-state index in [0.717, 1.165) is 50.2 Å². The number of rotatable bonds is 6. The zero-order valence-corrected chi connectivity index (χ0v) is 30.4. The van der Waals surface area contributed by atoms with Gasteiger partial charge >= 0.3 is 0 Å². The maximum Gasteiger partial charge on any atom is 0.234 e. The van der Waals surface area contributed by atoms with Crippen molar-refractivity contribution < 1.29 is 0 Å². The maximum atomic E-state index is 5.45. The standard InChI is InChI=1S/C51H35N5/c1-4-16-34(17-5-1)35-28-30-37(31-29-35)49-52-50(44-25-11-10-22-39(44)36-18-6-2-7-19-36)54-51(53-49)56-46-27-15-13-24-41(46)43-33-32-42-40-23-12-14-26-45(40)55(47(42)48(43)56)38-20-8-3-9-21-38/h1-33,41,46H. The van der Waals surface area contributed by atoms with Gasteiger partial charge in [0.25, 0.3) is 0 Å². The van der Waals surface area contributed by atoms with Gasteiger partial charge in [0.2, 0.25) is 5.95 Å². The number of fused-ring (bicyclic) bond motifs is 7. The number of hydrogen-bond donors (Lipinski definition) is 0. The lowest BCUT2D eigenvalue weighted by molar-refractivity contribution is 0.728. The lowest BCUT2D eigenvalue weighted by Gasteiger charge is -2.28. The summed E-state index contributed by atoms with van der Waals surface area (Å²) in [5, 5.41) is 2.41. The second kappa shape index (κ2) is 13.2. The average Bonchev–Trinajstić information content (AvgIpc) is 3.80. The zero-order valence-electron chi connectivity index (χ0n) is 30.4. The highest BCUT2D eigenvalue weighted by Gasteiger charge is 2.41. The molecule has 5 nitrogen and oxygen atoms in total. The van der Waals surface area contributed by atoms with Crippen molar-refractivity contribution in [1.82, 2.24) is 19.5 Å².